The summed E-state index contributed by atoms with van der Waals surface area (Å²) in [4.78, 5) is 12.2. The second kappa shape index (κ2) is 8.31. The van der Waals surface area contributed by atoms with Gasteiger partial charge in [0.05, 0.1) is 21.5 Å². The van der Waals surface area contributed by atoms with Crippen LogP contribution < -0.4 is 5.32 Å². The molecule has 1 aromatic heterocycles. The van der Waals surface area contributed by atoms with E-state index in [1.54, 1.807) is 24.3 Å². The highest BCUT2D eigenvalue weighted by Gasteiger charge is 2.14. The first kappa shape index (κ1) is 19.0. The van der Waals surface area contributed by atoms with Crippen LogP contribution in [-0.4, -0.2) is 26.4 Å². The Hall–Kier alpha value is -1.73. The Morgan fingerprint density at radius 3 is 2.69 bits per heavy atom. The molecule has 3 aromatic rings. The van der Waals surface area contributed by atoms with Gasteiger partial charge in [0.2, 0.25) is 5.91 Å². The van der Waals surface area contributed by atoms with E-state index in [0.29, 0.717) is 31.7 Å². The van der Waals surface area contributed by atoms with Gasteiger partial charge in [0.25, 0.3) is 0 Å². The van der Waals surface area contributed by atoms with Crippen LogP contribution in [0.15, 0.2) is 47.6 Å². The van der Waals surface area contributed by atoms with E-state index in [1.165, 1.54) is 11.8 Å². The minimum absolute atomic E-state index is 0.157. The highest BCUT2D eigenvalue weighted by atomic mass is 35.5. The van der Waals surface area contributed by atoms with Crippen molar-refractivity contribution >= 4 is 58.2 Å². The molecule has 1 amide bonds. The summed E-state index contributed by atoms with van der Waals surface area (Å²) in [6, 6.07) is 12.4. The fraction of sp³-hybridized carbons (Fsp3) is 0.118. The molecule has 0 atom stereocenters. The fourth-order valence-corrected chi connectivity index (χ4v) is 3.49. The highest BCUT2D eigenvalue weighted by Crippen LogP contribution is 2.30. The molecule has 0 aliphatic carbocycles. The largest absolute Gasteiger partial charge is 0.324 e. The lowest BCUT2D eigenvalue weighted by Gasteiger charge is -2.08. The fourth-order valence-electron chi connectivity index (χ4n) is 2.24. The quantitative estimate of drug-likeness (QED) is 0.570. The van der Waals surface area contributed by atoms with Gasteiger partial charge in [-0.25, -0.2) is 0 Å². The van der Waals surface area contributed by atoms with Gasteiger partial charge < -0.3 is 9.88 Å². The van der Waals surface area contributed by atoms with E-state index in [2.05, 4.69) is 15.5 Å². The lowest BCUT2D eigenvalue weighted by atomic mass is 10.2. The van der Waals surface area contributed by atoms with Crippen LogP contribution in [0.4, 0.5) is 5.69 Å². The molecule has 0 fully saturated rings. The smallest absolute Gasteiger partial charge is 0.234 e. The maximum atomic E-state index is 12.2. The molecule has 2 aromatic carbocycles. The summed E-state index contributed by atoms with van der Waals surface area (Å²) in [6.45, 7) is 0. The number of halogens is 3. The molecule has 134 valence electrons. The first-order valence-electron chi connectivity index (χ1n) is 7.47. The number of amides is 1. The van der Waals surface area contributed by atoms with Gasteiger partial charge in [0.1, 0.15) is 0 Å². The van der Waals surface area contributed by atoms with Crippen LogP contribution in [0, 0.1) is 0 Å². The molecule has 0 saturated carbocycles. The zero-order chi connectivity index (χ0) is 18.7. The topological polar surface area (TPSA) is 59.8 Å². The van der Waals surface area contributed by atoms with E-state index in [4.69, 9.17) is 34.8 Å². The monoisotopic (exact) mass is 426 g/mol. The van der Waals surface area contributed by atoms with Crippen molar-refractivity contribution < 1.29 is 4.79 Å². The van der Waals surface area contributed by atoms with E-state index in [9.17, 15) is 4.79 Å². The standard InChI is InChI=1S/C17H13Cl3N4OS/c1-24-16(10-4-2-5-11(18)8-10)22-23-17(24)26-9-14(25)21-13-7-3-6-12(19)15(13)20/h2-8H,9H2,1H3,(H,21,25). The summed E-state index contributed by atoms with van der Waals surface area (Å²) in [5, 5.41) is 13.0. The van der Waals surface area contributed by atoms with Crippen LogP contribution in [0.1, 0.15) is 0 Å². The second-order valence-corrected chi connectivity index (χ2v) is 7.48. The number of aromatic nitrogens is 3. The number of anilines is 1. The van der Waals surface area contributed by atoms with Gasteiger partial charge in [0.15, 0.2) is 11.0 Å². The van der Waals surface area contributed by atoms with Gasteiger partial charge >= 0.3 is 0 Å². The van der Waals surface area contributed by atoms with Gasteiger partial charge in [-0.05, 0) is 24.3 Å². The van der Waals surface area contributed by atoms with Crippen molar-refractivity contribution in [3.05, 3.63) is 57.5 Å². The molecule has 0 aliphatic heterocycles. The normalized spacial score (nSPS) is 10.8. The Kier molecular flexibility index (Phi) is 6.09. The summed E-state index contributed by atoms with van der Waals surface area (Å²) >= 11 is 19.3. The molecular formula is C17H13Cl3N4OS. The van der Waals surface area contributed by atoms with Crippen LogP contribution in [0.25, 0.3) is 11.4 Å². The number of hydrogen-bond acceptors (Lipinski definition) is 4. The van der Waals surface area contributed by atoms with Crippen LogP contribution in [0.2, 0.25) is 15.1 Å². The number of carbonyl (C=O) groups excluding carboxylic acids is 1. The zero-order valence-electron chi connectivity index (χ0n) is 13.5. The second-order valence-electron chi connectivity index (χ2n) is 5.31. The molecule has 0 radical (unpaired) electrons. The van der Waals surface area contributed by atoms with E-state index < -0.39 is 0 Å². The third kappa shape index (κ3) is 4.32. The number of rotatable bonds is 5. The molecule has 5 nitrogen and oxygen atoms in total. The van der Waals surface area contributed by atoms with Gasteiger partial charge in [0, 0.05) is 17.6 Å². The number of nitrogens with zero attached hydrogens (tertiary/aromatic N) is 3. The van der Waals surface area contributed by atoms with E-state index in [0.717, 1.165) is 5.56 Å². The van der Waals surface area contributed by atoms with Gasteiger partial charge in [-0.1, -0.05) is 64.8 Å². The Bertz CT molecular complexity index is 961. The minimum Gasteiger partial charge on any atom is -0.324 e. The molecule has 0 saturated heterocycles. The molecule has 26 heavy (non-hydrogen) atoms. The third-order valence-electron chi connectivity index (χ3n) is 3.48. The summed E-state index contributed by atoms with van der Waals surface area (Å²) < 4.78 is 1.82. The Labute approximate surface area is 169 Å². The Balaban J connectivity index is 1.67. The maximum Gasteiger partial charge on any atom is 0.234 e. The lowest BCUT2D eigenvalue weighted by Crippen LogP contribution is -2.14. The van der Waals surface area contributed by atoms with Crippen LogP contribution in [-0.2, 0) is 11.8 Å². The summed E-state index contributed by atoms with van der Waals surface area (Å²) in [7, 11) is 1.84. The van der Waals surface area contributed by atoms with Crippen molar-refractivity contribution in [2.45, 2.75) is 5.16 Å². The minimum atomic E-state index is -0.216. The van der Waals surface area contributed by atoms with Crippen molar-refractivity contribution in [2.24, 2.45) is 7.05 Å². The Morgan fingerprint density at radius 1 is 1.15 bits per heavy atom. The first-order valence-corrected chi connectivity index (χ1v) is 9.59. The number of nitrogens with one attached hydrogen (secondary N) is 1. The maximum absolute atomic E-state index is 12.2. The summed E-state index contributed by atoms with van der Waals surface area (Å²) in [5.41, 5.74) is 1.33. The average molecular weight is 428 g/mol. The molecule has 0 aliphatic rings. The van der Waals surface area contributed by atoms with Gasteiger partial charge in [-0.3, -0.25) is 4.79 Å². The van der Waals surface area contributed by atoms with Gasteiger partial charge in [-0.2, -0.15) is 0 Å². The van der Waals surface area contributed by atoms with Crippen LogP contribution >= 0.6 is 46.6 Å². The van der Waals surface area contributed by atoms with Crippen molar-refractivity contribution in [3.63, 3.8) is 0 Å². The third-order valence-corrected chi connectivity index (χ3v) is 5.55. The molecule has 0 spiro atoms. The summed E-state index contributed by atoms with van der Waals surface area (Å²) in [6.07, 6.45) is 0. The number of thioether (sulfide) groups is 1. The van der Waals surface area contributed by atoms with E-state index in [-0.39, 0.29) is 11.7 Å². The SMILES string of the molecule is Cn1c(SCC(=O)Nc2cccc(Cl)c2Cl)nnc1-c1cccc(Cl)c1. The van der Waals surface area contributed by atoms with E-state index in [1.807, 2.05) is 29.8 Å². The molecule has 1 heterocycles. The van der Waals surface area contributed by atoms with Gasteiger partial charge in [-0.15, -0.1) is 10.2 Å². The number of benzene rings is 2. The predicted octanol–water partition coefficient (Wildman–Crippen LogP) is 5.17. The Morgan fingerprint density at radius 2 is 1.92 bits per heavy atom. The molecule has 0 unspecified atom stereocenters. The van der Waals surface area contributed by atoms with Crippen molar-refractivity contribution in [2.75, 3.05) is 11.1 Å². The number of carbonyl (C=O) groups is 1. The predicted molar refractivity (Wildman–Crippen MR) is 107 cm³/mol. The lowest BCUT2D eigenvalue weighted by molar-refractivity contribution is -0.113. The molecule has 0 bridgehead atoms. The van der Waals surface area contributed by atoms with Crippen molar-refractivity contribution in [1.82, 2.24) is 14.8 Å². The van der Waals surface area contributed by atoms with Crippen LogP contribution in [0.3, 0.4) is 0 Å². The highest BCUT2D eigenvalue weighted by molar-refractivity contribution is 7.99. The molecule has 9 heteroatoms. The van der Waals surface area contributed by atoms with Crippen molar-refractivity contribution in [3.8, 4) is 11.4 Å². The first-order chi connectivity index (χ1) is 12.5. The average Bonchev–Trinajstić information content (AvgIpc) is 2.98. The summed E-state index contributed by atoms with van der Waals surface area (Å²) in [5.74, 6) is 0.615. The number of hydrogen-bond donors (Lipinski definition) is 1. The zero-order valence-corrected chi connectivity index (χ0v) is 16.6. The van der Waals surface area contributed by atoms with Crippen LogP contribution in [0.5, 0.6) is 0 Å². The molecule has 3 rings (SSSR count). The van der Waals surface area contributed by atoms with E-state index >= 15 is 0 Å². The molecular weight excluding hydrogens is 415 g/mol. The molecule has 1 N–H and O–H groups in total. The van der Waals surface area contributed by atoms with Crippen molar-refractivity contribution in [1.29, 1.82) is 0 Å².